The summed E-state index contributed by atoms with van der Waals surface area (Å²) in [4.78, 5) is 12.2. The second kappa shape index (κ2) is 8.73. The van der Waals surface area contributed by atoms with E-state index in [0.717, 1.165) is 28.1 Å². The molecular weight excluding hydrogens is 362 g/mol. The molecule has 0 bridgehead atoms. The molecule has 0 saturated carbocycles. The van der Waals surface area contributed by atoms with Crippen molar-refractivity contribution in [1.82, 2.24) is 10.2 Å². The largest absolute Gasteiger partial charge is 0.484 e. The van der Waals surface area contributed by atoms with Crippen LogP contribution >= 0.6 is 11.8 Å². The number of amides is 1. The number of anilines is 1. The Morgan fingerprint density at radius 2 is 1.74 bits per heavy atom. The van der Waals surface area contributed by atoms with Gasteiger partial charge in [0.1, 0.15) is 5.75 Å². The monoisotopic (exact) mass is 383 g/mol. The molecule has 0 aliphatic carbocycles. The third kappa shape index (κ3) is 5.10. The summed E-state index contributed by atoms with van der Waals surface area (Å²) < 4.78 is 11.2. The third-order valence-electron chi connectivity index (χ3n) is 3.97. The van der Waals surface area contributed by atoms with Crippen LogP contribution in [0.2, 0.25) is 0 Å². The summed E-state index contributed by atoms with van der Waals surface area (Å²) in [5.74, 6) is 1.22. The van der Waals surface area contributed by atoms with E-state index in [4.69, 9.17) is 9.15 Å². The second-order valence-corrected chi connectivity index (χ2v) is 7.05. The summed E-state index contributed by atoms with van der Waals surface area (Å²) in [6, 6.07) is 13.6. The van der Waals surface area contributed by atoms with Crippen LogP contribution in [0.15, 0.2) is 52.1 Å². The van der Waals surface area contributed by atoms with Crippen molar-refractivity contribution in [1.29, 1.82) is 0 Å². The quantitative estimate of drug-likeness (QED) is 0.613. The highest BCUT2D eigenvalue weighted by atomic mass is 32.2. The van der Waals surface area contributed by atoms with Gasteiger partial charge in [-0.25, -0.2) is 0 Å². The molecule has 0 unspecified atom stereocenters. The second-order valence-electron chi connectivity index (χ2n) is 6.12. The Morgan fingerprint density at radius 3 is 2.48 bits per heavy atom. The van der Waals surface area contributed by atoms with E-state index in [1.807, 2.05) is 63.2 Å². The van der Waals surface area contributed by atoms with Gasteiger partial charge in [0.05, 0.1) is 5.75 Å². The zero-order valence-corrected chi connectivity index (χ0v) is 16.3. The third-order valence-corrected chi connectivity index (χ3v) is 4.78. The van der Waals surface area contributed by atoms with E-state index < -0.39 is 0 Å². The fourth-order valence-electron chi connectivity index (χ4n) is 2.53. The Morgan fingerprint density at radius 1 is 1.04 bits per heavy atom. The lowest BCUT2D eigenvalue weighted by Crippen LogP contribution is -2.15. The van der Waals surface area contributed by atoms with E-state index in [2.05, 4.69) is 15.5 Å². The first-order valence-electron chi connectivity index (χ1n) is 8.52. The van der Waals surface area contributed by atoms with E-state index in [1.165, 1.54) is 11.8 Å². The lowest BCUT2D eigenvalue weighted by molar-refractivity contribution is -0.113. The van der Waals surface area contributed by atoms with Crippen LogP contribution in [-0.2, 0) is 11.4 Å². The number of para-hydroxylation sites is 2. The zero-order chi connectivity index (χ0) is 19.2. The summed E-state index contributed by atoms with van der Waals surface area (Å²) in [5, 5.41) is 11.2. The Hall–Kier alpha value is -2.80. The fraction of sp³-hybridized carbons (Fsp3) is 0.250. The van der Waals surface area contributed by atoms with Crippen molar-refractivity contribution in [2.24, 2.45) is 0 Å². The van der Waals surface area contributed by atoms with Gasteiger partial charge in [-0.2, -0.15) is 0 Å². The number of rotatable bonds is 7. The summed E-state index contributed by atoms with van der Waals surface area (Å²) >= 11 is 1.20. The SMILES string of the molecule is Cc1ccccc1OCc1nnc(SCC(=O)Nc2c(C)cccc2C)o1. The molecule has 3 aromatic rings. The van der Waals surface area contributed by atoms with Crippen LogP contribution in [0.1, 0.15) is 22.6 Å². The summed E-state index contributed by atoms with van der Waals surface area (Å²) in [7, 11) is 0. The number of benzene rings is 2. The number of aromatic nitrogens is 2. The van der Waals surface area contributed by atoms with Crippen LogP contribution in [0.3, 0.4) is 0 Å². The molecule has 0 spiro atoms. The zero-order valence-electron chi connectivity index (χ0n) is 15.5. The lowest BCUT2D eigenvalue weighted by atomic mass is 10.1. The number of hydrogen-bond acceptors (Lipinski definition) is 6. The minimum Gasteiger partial charge on any atom is -0.484 e. The summed E-state index contributed by atoms with van der Waals surface area (Å²) in [6.45, 7) is 6.09. The molecular formula is C20H21N3O3S. The average molecular weight is 383 g/mol. The van der Waals surface area contributed by atoms with E-state index >= 15 is 0 Å². The first-order valence-corrected chi connectivity index (χ1v) is 9.51. The van der Waals surface area contributed by atoms with Crippen molar-refractivity contribution in [3.8, 4) is 5.75 Å². The number of thioether (sulfide) groups is 1. The van der Waals surface area contributed by atoms with Gasteiger partial charge in [0.25, 0.3) is 11.1 Å². The highest BCUT2D eigenvalue weighted by Gasteiger charge is 2.12. The predicted molar refractivity (Wildman–Crippen MR) is 105 cm³/mol. The maximum absolute atomic E-state index is 12.2. The van der Waals surface area contributed by atoms with Crippen LogP contribution in [0.4, 0.5) is 5.69 Å². The molecule has 27 heavy (non-hydrogen) atoms. The molecule has 1 heterocycles. The minimum atomic E-state index is -0.117. The molecule has 3 rings (SSSR count). The van der Waals surface area contributed by atoms with Crippen LogP contribution in [0.25, 0.3) is 0 Å². The highest BCUT2D eigenvalue weighted by molar-refractivity contribution is 7.99. The smallest absolute Gasteiger partial charge is 0.277 e. The van der Waals surface area contributed by atoms with Crippen molar-refractivity contribution in [2.75, 3.05) is 11.1 Å². The van der Waals surface area contributed by atoms with E-state index in [9.17, 15) is 4.79 Å². The molecule has 1 aromatic heterocycles. The van der Waals surface area contributed by atoms with Gasteiger partial charge in [0.15, 0.2) is 6.61 Å². The van der Waals surface area contributed by atoms with Crippen LogP contribution in [0, 0.1) is 20.8 Å². The van der Waals surface area contributed by atoms with Gasteiger partial charge in [-0.1, -0.05) is 48.2 Å². The van der Waals surface area contributed by atoms with Crippen molar-refractivity contribution in [2.45, 2.75) is 32.6 Å². The first kappa shape index (κ1) is 19.0. The molecule has 1 amide bonds. The van der Waals surface area contributed by atoms with Gasteiger partial charge in [0.2, 0.25) is 5.91 Å². The first-order chi connectivity index (χ1) is 13.0. The lowest BCUT2D eigenvalue weighted by Gasteiger charge is -2.10. The number of nitrogens with one attached hydrogen (secondary N) is 1. The van der Waals surface area contributed by atoms with E-state index in [0.29, 0.717) is 11.1 Å². The molecule has 0 aliphatic rings. The Kier molecular flexibility index (Phi) is 6.13. The van der Waals surface area contributed by atoms with Gasteiger partial charge < -0.3 is 14.5 Å². The Balaban J connectivity index is 1.50. The van der Waals surface area contributed by atoms with Crippen molar-refractivity contribution in [3.05, 3.63) is 65.0 Å². The number of ether oxygens (including phenoxy) is 1. The normalized spacial score (nSPS) is 10.6. The number of carbonyl (C=O) groups excluding carboxylic acids is 1. The number of hydrogen-bond donors (Lipinski definition) is 1. The Bertz CT molecular complexity index is 919. The van der Waals surface area contributed by atoms with Crippen molar-refractivity contribution < 1.29 is 13.9 Å². The average Bonchev–Trinajstić information content (AvgIpc) is 3.10. The van der Waals surface area contributed by atoms with Gasteiger partial charge in [-0.15, -0.1) is 10.2 Å². The van der Waals surface area contributed by atoms with Gasteiger partial charge in [-0.3, -0.25) is 4.79 Å². The predicted octanol–water partition coefficient (Wildman–Crippen LogP) is 4.30. The molecule has 6 nitrogen and oxygen atoms in total. The summed E-state index contributed by atoms with van der Waals surface area (Å²) in [6.07, 6.45) is 0. The van der Waals surface area contributed by atoms with E-state index in [1.54, 1.807) is 0 Å². The van der Waals surface area contributed by atoms with Gasteiger partial charge >= 0.3 is 0 Å². The van der Waals surface area contributed by atoms with Crippen LogP contribution in [-0.4, -0.2) is 21.9 Å². The maximum Gasteiger partial charge on any atom is 0.277 e. The topological polar surface area (TPSA) is 77.2 Å². The molecule has 0 fully saturated rings. The molecule has 0 radical (unpaired) electrons. The summed E-state index contributed by atoms with van der Waals surface area (Å²) in [5.41, 5.74) is 3.94. The van der Waals surface area contributed by atoms with Crippen molar-refractivity contribution >= 4 is 23.4 Å². The standard InChI is InChI=1S/C20H21N3O3S/c1-13-7-4-5-10-16(13)25-11-18-22-23-20(26-18)27-12-17(24)21-19-14(2)8-6-9-15(19)3/h4-10H,11-12H2,1-3H3,(H,21,24). The van der Waals surface area contributed by atoms with Crippen LogP contribution in [0.5, 0.6) is 5.75 Å². The molecule has 7 heteroatoms. The highest BCUT2D eigenvalue weighted by Crippen LogP contribution is 2.22. The fourth-order valence-corrected chi connectivity index (χ4v) is 3.11. The molecule has 0 atom stereocenters. The Labute approximate surface area is 162 Å². The number of aryl methyl sites for hydroxylation is 3. The molecule has 0 aliphatic heterocycles. The van der Waals surface area contributed by atoms with Crippen LogP contribution < -0.4 is 10.1 Å². The van der Waals surface area contributed by atoms with E-state index in [-0.39, 0.29) is 18.3 Å². The minimum absolute atomic E-state index is 0.117. The van der Waals surface area contributed by atoms with Gasteiger partial charge in [-0.05, 0) is 43.5 Å². The molecule has 2 aromatic carbocycles. The maximum atomic E-state index is 12.2. The number of nitrogens with zero attached hydrogens (tertiary/aromatic N) is 2. The number of carbonyl (C=O) groups is 1. The van der Waals surface area contributed by atoms with Gasteiger partial charge in [0, 0.05) is 5.69 Å². The van der Waals surface area contributed by atoms with Crippen molar-refractivity contribution in [3.63, 3.8) is 0 Å². The molecule has 1 N–H and O–H groups in total. The molecule has 0 saturated heterocycles. The molecule has 140 valence electrons.